The van der Waals surface area contributed by atoms with Crippen molar-refractivity contribution < 1.29 is 14.3 Å². The van der Waals surface area contributed by atoms with E-state index in [-0.39, 0.29) is 11.8 Å². The Morgan fingerprint density at radius 3 is 2.52 bits per heavy atom. The summed E-state index contributed by atoms with van der Waals surface area (Å²) in [6.07, 6.45) is 1.34. The van der Waals surface area contributed by atoms with Crippen LogP contribution in [0.3, 0.4) is 0 Å². The molecule has 0 aromatic heterocycles. The normalized spacial score (nSPS) is 34.6. The molecule has 4 saturated heterocycles. The number of para-hydroxylation sites is 1. The molecule has 0 radical (unpaired) electrons. The average molecular weight is 286 g/mol. The first-order chi connectivity index (χ1) is 10.1. The van der Waals surface area contributed by atoms with Crippen LogP contribution in [-0.4, -0.2) is 42.1 Å². The minimum absolute atomic E-state index is 0.160. The monoisotopic (exact) mass is 286 g/mol. The number of piperidine rings is 3. The summed E-state index contributed by atoms with van der Waals surface area (Å²) in [5.41, 5.74) is 0.595. The third kappa shape index (κ3) is 1.67. The Kier molecular flexibility index (Phi) is 2.63. The number of benzene rings is 1. The topological polar surface area (TPSA) is 49.9 Å². The molecule has 4 aliphatic rings. The van der Waals surface area contributed by atoms with Gasteiger partial charge in [-0.05, 0) is 44.5 Å². The second-order valence-electron chi connectivity index (χ2n) is 6.23. The molecule has 0 saturated carbocycles. The van der Waals surface area contributed by atoms with E-state index < -0.39 is 11.7 Å². The van der Waals surface area contributed by atoms with Crippen molar-refractivity contribution in [2.75, 3.05) is 24.5 Å². The summed E-state index contributed by atoms with van der Waals surface area (Å²) < 4.78 is 5.65. The maximum absolute atomic E-state index is 13.0. The van der Waals surface area contributed by atoms with Crippen molar-refractivity contribution in [2.45, 2.75) is 25.4 Å². The summed E-state index contributed by atoms with van der Waals surface area (Å²) in [6, 6.07) is 7.44. The molecule has 1 aromatic carbocycles. The Bertz CT molecular complexity index is 622. The van der Waals surface area contributed by atoms with Gasteiger partial charge in [0.2, 0.25) is 5.60 Å². The summed E-state index contributed by atoms with van der Waals surface area (Å²) in [5.74, 6) is -0.0239. The lowest BCUT2D eigenvalue weighted by Gasteiger charge is -2.48. The number of fused-ring (bicyclic) bond motifs is 2. The fourth-order valence-corrected chi connectivity index (χ4v) is 3.92. The Hall–Kier alpha value is -1.88. The van der Waals surface area contributed by atoms with Crippen LogP contribution in [0.4, 0.5) is 10.5 Å². The Morgan fingerprint density at radius 2 is 1.90 bits per heavy atom. The molecule has 5 nitrogen and oxygen atoms in total. The average Bonchev–Trinajstić information content (AvgIpc) is 2.72. The van der Waals surface area contributed by atoms with Gasteiger partial charge in [0, 0.05) is 12.5 Å². The molecular formula is C16H18N2O3. The first-order valence-electron chi connectivity index (χ1n) is 7.47. The number of rotatable bonds is 1. The highest BCUT2D eigenvalue weighted by atomic mass is 16.6. The molecule has 0 aliphatic carbocycles. The van der Waals surface area contributed by atoms with Crippen molar-refractivity contribution in [3.8, 4) is 0 Å². The van der Waals surface area contributed by atoms with E-state index in [4.69, 9.17) is 4.74 Å². The lowest BCUT2D eigenvalue weighted by molar-refractivity contribution is -0.148. The van der Waals surface area contributed by atoms with Crippen LogP contribution in [0.15, 0.2) is 24.3 Å². The van der Waals surface area contributed by atoms with Crippen molar-refractivity contribution in [1.82, 2.24) is 4.90 Å². The van der Waals surface area contributed by atoms with Crippen LogP contribution in [0, 0.1) is 12.8 Å². The molecule has 1 unspecified atom stereocenters. The zero-order valence-electron chi connectivity index (χ0n) is 12.0. The van der Waals surface area contributed by atoms with E-state index in [1.807, 2.05) is 25.1 Å². The smallest absolute Gasteiger partial charge is 0.422 e. The van der Waals surface area contributed by atoms with Crippen molar-refractivity contribution in [2.24, 2.45) is 5.92 Å². The van der Waals surface area contributed by atoms with Crippen LogP contribution in [0.25, 0.3) is 0 Å². The van der Waals surface area contributed by atoms with Gasteiger partial charge in [-0.15, -0.1) is 0 Å². The van der Waals surface area contributed by atoms with E-state index in [0.717, 1.165) is 31.5 Å². The molecule has 4 fully saturated rings. The number of hydrogen-bond acceptors (Lipinski definition) is 4. The predicted molar refractivity (Wildman–Crippen MR) is 77.0 cm³/mol. The number of ether oxygens (including phenoxy) is 1. The first-order valence-corrected chi connectivity index (χ1v) is 7.47. The van der Waals surface area contributed by atoms with E-state index >= 15 is 0 Å². The Morgan fingerprint density at radius 1 is 1.19 bits per heavy atom. The number of hydrogen-bond donors (Lipinski definition) is 0. The first kappa shape index (κ1) is 12.8. The van der Waals surface area contributed by atoms with Crippen LogP contribution in [0.1, 0.15) is 18.4 Å². The second-order valence-corrected chi connectivity index (χ2v) is 6.23. The van der Waals surface area contributed by atoms with Crippen LogP contribution < -0.4 is 4.90 Å². The number of carbonyl (C=O) groups excluding carboxylic acids is 2. The van der Waals surface area contributed by atoms with E-state index in [1.165, 1.54) is 4.90 Å². The third-order valence-electron chi connectivity index (χ3n) is 5.08. The number of aryl methyl sites for hydroxylation is 1. The number of amides is 2. The number of nitrogens with zero attached hydrogens (tertiary/aromatic N) is 2. The molecule has 110 valence electrons. The highest BCUT2D eigenvalue weighted by Crippen LogP contribution is 2.44. The molecule has 5 rings (SSSR count). The Labute approximate surface area is 123 Å². The molecule has 5 heteroatoms. The summed E-state index contributed by atoms with van der Waals surface area (Å²) >= 11 is 0. The van der Waals surface area contributed by atoms with E-state index in [2.05, 4.69) is 4.90 Å². The number of carbonyl (C=O) groups is 2. The molecule has 1 atom stereocenters. The van der Waals surface area contributed by atoms with Crippen LogP contribution in [0.5, 0.6) is 0 Å². The minimum Gasteiger partial charge on any atom is -0.430 e. The van der Waals surface area contributed by atoms with Gasteiger partial charge in [-0.1, -0.05) is 18.2 Å². The maximum atomic E-state index is 13.0. The van der Waals surface area contributed by atoms with Crippen molar-refractivity contribution in [3.05, 3.63) is 29.8 Å². The molecule has 2 amide bonds. The van der Waals surface area contributed by atoms with Gasteiger partial charge in [0.1, 0.15) is 0 Å². The van der Waals surface area contributed by atoms with E-state index in [9.17, 15) is 9.59 Å². The molecule has 1 aromatic rings. The van der Waals surface area contributed by atoms with Gasteiger partial charge in [-0.2, -0.15) is 0 Å². The van der Waals surface area contributed by atoms with Gasteiger partial charge in [0.15, 0.2) is 0 Å². The van der Waals surface area contributed by atoms with Crippen LogP contribution in [0.2, 0.25) is 0 Å². The molecule has 0 N–H and O–H groups in total. The fourth-order valence-electron chi connectivity index (χ4n) is 3.92. The van der Waals surface area contributed by atoms with Crippen LogP contribution in [-0.2, 0) is 9.53 Å². The summed E-state index contributed by atoms with van der Waals surface area (Å²) in [4.78, 5) is 28.8. The fraction of sp³-hybridized carbons (Fsp3) is 0.500. The quantitative estimate of drug-likeness (QED) is 0.791. The third-order valence-corrected chi connectivity index (χ3v) is 5.08. The van der Waals surface area contributed by atoms with Gasteiger partial charge >= 0.3 is 6.09 Å². The van der Waals surface area contributed by atoms with Gasteiger partial charge < -0.3 is 4.74 Å². The predicted octanol–water partition coefficient (Wildman–Crippen LogP) is 1.94. The van der Waals surface area contributed by atoms with E-state index in [0.29, 0.717) is 12.2 Å². The summed E-state index contributed by atoms with van der Waals surface area (Å²) in [7, 11) is 0. The van der Waals surface area contributed by atoms with Gasteiger partial charge in [-0.25, -0.2) is 9.69 Å². The lowest BCUT2D eigenvalue weighted by Crippen LogP contribution is -2.63. The lowest BCUT2D eigenvalue weighted by atomic mass is 9.75. The molecule has 1 spiro atoms. The van der Waals surface area contributed by atoms with Crippen LogP contribution >= 0.6 is 0 Å². The molecule has 2 bridgehead atoms. The SMILES string of the molecule is Cc1ccccc1N1C(=O)OC2(CN3CCC2CC3)C1=O. The zero-order chi connectivity index (χ0) is 14.6. The molecule has 4 heterocycles. The van der Waals surface area contributed by atoms with Gasteiger partial charge in [0.05, 0.1) is 5.69 Å². The highest BCUT2D eigenvalue weighted by Gasteiger charge is 2.62. The zero-order valence-corrected chi connectivity index (χ0v) is 12.0. The Balaban J connectivity index is 1.75. The number of imide groups is 1. The second kappa shape index (κ2) is 4.31. The standard InChI is InChI=1S/C16H18N2O3/c1-11-4-2-3-5-13(11)18-14(19)16(21-15(18)20)10-17-8-6-12(16)7-9-17/h2-5,12H,6-10H2,1H3. The van der Waals surface area contributed by atoms with Crippen molar-refractivity contribution in [1.29, 1.82) is 0 Å². The molecule has 4 aliphatic heterocycles. The largest absolute Gasteiger partial charge is 0.430 e. The summed E-state index contributed by atoms with van der Waals surface area (Å²) in [6.45, 7) is 4.45. The van der Waals surface area contributed by atoms with Gasteiger partial charge in [0.25, 0.3) is 5.91 Å². The number of anilines is 1. The molecular weight excluding hydrogens is 268 g/mol. The van der Waals surface area contributed by atoms with Gasteiger partial charge in [-0.3, -0.25) is 9.69 Å². The molecule has 21 heavy (non-hydrogen) atoms. The minimum atomic E-state index is -0.949. The van der Waals surface area contributed by atoms with Crippen molar-refractivity contribution in [3.63, 3.8) is 0 Å². The maximum Gasteiger partial charge on any atom is 0.422 e. The van der Waals surface area contributed by atoms with E-state index in [1.54, 1.807) is 6.07 Å². The van der Waals surface area contributed by atoms with Crippen molar-refractivity contribution >= 4 is 17.7 Å². The summed E-state index contributed by atoms with van der Waals surface area (Å²) in [5, 5.41) is 0. The highest BCUT2D eigenvalue weighted by molar-refractivity contribution is 6.20.